The van der Waals surface area contributed by atoms with Gasteiger partial charge in [-0.15, -0.1) is 0 Å². The van der Waals surface area contributed by atoms with Gasteiger partial charge in [0.15, 0.2) is 0 Å². The van der Waals surface area contributed by atoms with Crippen LogP contribution in [0.15, 0.2) is 18.2 Å². The van der Waals surface area contributed by atoms with Crippen LogP contribution in [0.2, 0.25) is 0 Å². The third-order valence-electron chi connectivity index (χ3n) is 4.10. The fourth-order valence-corrected chi connectivity index (χ4v) is 2.22. The van der Waals surface area contributed by atoms with Crippen LogP contribution in [0.5, 0.6) is 5.75 Å². The van der Waals surface area contributed by atoms with Crippen molar-refractivity contribution < 1.29 is 14.4 Å². The largest absolute Gasteiger partial charge is 0.508 e. The number of aromatic hydroxyl groups is 1. The maximum Gasteiger partial charge on any atom is 0.498 e. The van der Waals surface area contributed by atoms with E-state index in [2.05, 4.69) is 4.90 Å². The summed E-state index contributed by atoms with van der Waals surface area (Å²) in [7, 11) is 3.48. The lowest BCUT2D eigenvalue weighted by atomic mass is 9.78. The molecule has 0 unspecified atom stereocenters. The van der Waals surface area contributed by atoms with Gasteiger partial charge in [-0.3, -0.25) is 0 Å². The van der Waals surface area contributed by atoms with Crippen LogP contribution in [0.1, 0.15) is 33.3 Å². The molecule has 1 saturated heterocycles. The fraction of sp³-hybridized carbons (Fsp3) is 0.600. The molecule has 1 aromatic rings. The molecule has 0 saturated carbocycles. The molecule has 0 aromatic heterocycles. The standard InChI is InChI=1S/C15H24BNO3/c1-14(2)15(3,4)20-16(19-14)12-8-7-11(9-13(12)18)10-17(5)6/h7-9,18H,10H2,1-6H3. The lowest BCUT2D eigenvalue weighted by Crippen LogP contribution is -2.41. The average Bonchev–Trinajstić information content (AvgIpc) is 2.46. The summed E-state index contributed by atoms with van der Waals surface area (Å²) in [6.45, 7) is 8.81. The van der Waals surface area contributed by atoms with E-state index in [9.17, 15) is 5.11 Å². The highest BCUT2D eigenvalue weighted by Crippen LogP contribution is 2.37. The van der Waals surface area contributed by atoms with Gasteiger partial charge < -0.3 is 19.3 Å². The first-order valence-corrected chi connectivity index (χ1v) is 6.94. The van der Waals surface area contributed by atoms with E-state index >= 15 is 0 Å². The van der Waals surface area contributed by atoms with E-state index in [0.29, 0.717) is 5.46 Å². The van der Waals surface area contributed by atoms with Gasteiger partial charge in [0, 0.05) is 12.0 Å². The number of phenols is 1. The normalized spacial score (nSPS) is 20.6. The van der Waals surface area contributed by atoms with Gasteiger partial charge in [-0.2, -0.15) is 0 Å². The van der Waals surface area contributed by atoms with Gasteiger partial charge in [-0.05, 0) is 53.4 Å². The maximum atomic E-state index is 10.2. The minimum absolute atomic E-state index is 0.225. The van der Waals surface area contributed by atoms with E-state index in [1.54, 1.807) is 6.07 Å². The highest BCUT2D eigenvalue weighted by molar-refractivity contribution is 6.63. The topological polar surface area (TPSA) is 41.9 Å². The molecule has 1 aliphatic heterocycles. The summed E-state index contributed by atoms with van der Waals surface area (Å²) in [5.41, 5.74) is 0.956. The van der Waals surface area contributed by atoms with Crippen LogP contribution in [0.25, 0.3) is 0 Å². The summed E-state index contributed by atoms with van der Waals surface area (Å²) in [6.07, 6.45) is 0. The van der Waals surface area contributed by atoms with Crippen LogP contribution in [0.3, 0.4) is 0 Å². The van der Waals surface area contributed by atoms with Crippen LogP contribution in [-0.4, -0.2) is 42.4 Å². The SMILES string of the molecule is CN(C)Cc1ccc(B2OC(C)(C)C(C)(C)O2)c(O)c1. The molecule has 1 heterocycles. The van der Waals surface area contributed by atoms with E-state index in [4.69, 9.17) is 9.31 Å². The summed E-state index contributed by atoms with van der Waals surface area (Å²) >= 11 is 0. The Morgan fingerprint density at radius 2 is 1.65 bits per heavy atom. The summed E-state index contributed by atoms with van der Waals surface area (Å²) in [4.78, 5) is 2.06. The second-order valence-corrected chi connectivity index (χ2v) is 6.72. The highest BCUT2D eigenvalue weighted by Gasteiger charge is 2.52. The smallest absolute Gasteiger partial charge is 0.498 e. The number of hydrogen-bond donors (Lipinski definition) is 1. The molecular weight excluding hydrogens is 253 g/mol. The molecule has 1 aromatic carbocycles. The minimum atomic E-state index is -0.520. The molecule has 20 heavy (non-hydrogen) atoms. The highest BCUT2D eigenvalue weighted by atomic mass is 16.7. The first-order valence-electron chi connectivity index (χ1n) is 6.94. The Kier molecular flexibility index (Phi) is 3.89. The summed E-state index contributed by atoms with van der Waals surface area (Å²) < 4.78 is 11.9. The second-order valence-electron chi connectivity index (χ2n) is 6.72. The van der Waals surface area contributed by atoms with E-state index in [1.165, 1.54) is 0 Å². The molecule has 0 aliphatic carbocycles. The Morgan fingerprint density at radius 1 is 1.10 bits per heavy atom. The molecule has 2 rings (SSSR count). The first-order chi connectivity index (χ1) is 9.12. The van der Waals surface area contributed by atoms with Crippen molar-refractivity contribution in [3.63, 3.8) is 0 Å². The molecule has 0 amide bonds. The first kappa shape index (κ1) is 15.4. The second kappa shape index (κ2) is 5.06. The Balaban J connectivity index is 2.23. The summed E-state index contributed by atoms with van der Waals surface area (Å²) in [6, 6.07) is 5.66. The van der Waals surface area contributed by atoms with Crippen molar-refractivity contribution in [3.05, 3.63) is 23.8 Å². The van der Waals surface area contributed by atoms with Crippen LogP contribution < -0.4 is 5.46 Å². The summed E-state index contributed by atoms with van der Waals surface area (Å²) in [5, 5.41) is 10.2. The van der Waals surface area contributed by atoms with Crippen molar-refractivity contribution in [2.75, 3.05) is 14.1 Å². The lowest BCUT2D eigenvalue weighted by Gasteiger charge is -2.32. The molecule has 0 atom stereocenters. The Hall–Kier alpha value is -1.04. The molecule has 0 radical (unpaired) electrons. The zero-order chi connectivity index (χ0) is 15.1. The quantitative estimate of drug-likeness (QED) is 0.855. The van der Waals surface area contributed by atoms with Gasteiger partial charge in [0.25, 0.3) is 0 Å². The van der Waals surface area contributed by atoms with E-state index in [1.807, 2.05) is 53.9 Å². The molecule has 1 N–H and O–H groups in total. The van der Waals surface area contributed by atoms with Crippen molar-refractivity contribution in [1.29, 1.82) is 0 Å². The third kappa shape index (κ3) is 2.85. The van der Waals surface area contributed by atoms with Gasteiger partial charge in [-0.25, -0.2) is 0 Å². The van der Waals surface area contributed by atoms with Gasteiger partial charge in [-0.1, -0.05) is 12.1 Å². The molecule has 5 heteroatoms. The zero-order valence-corrected chi connectivity index (χ0v) is 13.2. The van der Waals surface area contributed by atoms with Gasteiger partial charge in [0.1, 0.15) is 5.75 Å². The Bertz CT molecular complexity index is 484. The zero-order valence-electron chi connectivity index (χ0n) is 13.2. The monoisotopic (exact) mass is 277 g/mol. The number of hydrogen-bond acceptors (Lipinski definition) is 4. The van der Waals surface area contributed by atoms with E-state index in [0.717, 1.165) is 12.1 Å². The van der Waals surface area contributed by atoms with Crippen molar-refractivity contribution in [2.45, 2.75) is 45.4 Å². The molecular formula is C15H24BNO3. The van der Waals surface area contributed by atoms with Crippen LogP contribution in [0, 0.1) is 0 Å². The van der Waals surface area contributed by atoms with Crippen molar-refractivity contribution in [2.24, 2.45) is 0 Å². The van der Waals surface area contributed by atoms with Crippen molar-refractivity contribution in [1.82, 2.24) is 4.90 Å². The fourth-order valence-electron chi connectivity index (χ4n) is 2.22. The molecule has 4 nitrogen and oxygen atoms in total. The Labute approximate surface area is 121 Å². The third-order valence-corrected chi connectivity index (χ3v) is 4.10. The Morgan fingerprint density at radius 3 is 2.10 bits per heavy atom. The number of benzene rings is 1. The van der Waals surface area contributed by atoms with Gasteiger partial charge in [0.05, 0.1) is 11.2 Å². The van der Waals surface area contributed by atoms with Crippen LogP contribution >= 0.6 is 0 Å². The average molecular weight is 277 g/mol. The lowest BCUT2D eigenvalue weighted by molar-refractivity contribution is 0.00578. The minimum Gasteiger partial charge on any atom is -0.508 e. The number of rotatable bonds is 3. The van der Waals surface area contributed by atoms with E-state index in [-0.39, 0.29) is 5.75 Å². The van der Waals surface area contributed by atoms with Crippen molar-refractivity contribution in [3.8, 4) is 5.75 Å². The summed E-state index contributed by atoms with van der Waals surface area (Å²) in [5.74, 6) is 0.225. The van der Waals surface area contributed by atoms with Gasteiger partial charge in [0.2, 0.25) is 0 Å². The number of phenolic OH excluding ortho intramolecular Hbond substituents is 1. The maximum absolute atomic E-state index is 10.2. The molecule has 110 valence electrons. The molecule has 1 fully saturated rings. The number of nitrogens with zero attached hydrogens (tertiary/aromatic N) is 1. The van der Waals surface area contributed by atoms with Crippen molar-refractivity contribution >= 4 is 12.6 Å². The molecule has 1 aliphatic rings. The predicted molar refractivity (Wildman–Crippen MR) is 81.2 cm³/mol. The van der Waals surface area contributed by atoms with Crippen LogP contribution in [-0.2, 0) is 15.9 Å². The van der Waals surface area contributed by atoms with E-state index < -0.39 is 18.3 Å². The molecule has 0 bridgehead atoms. The predicted octanol–water partition coefficient (Wildman–Crippen LogP) is 1.75. The van der Waals surface area contributed by atoms with Gasteiger partial charge >= 0.3 is 7.12 Å². The van der Waals surface area contributed by atoms with Crippen LogP contribution in [0.4, 0.5) is 0 Å². The molecule has 0 spiro atoms.